The van der Waals surface area contributed by atoms with Crippen LogP contribution in [0.1, 0.15) is 30.5 Å². The molecule has 1 N–H and O–H groups in total. The predicted octanol–water partition coefficient (Wildman–Crippen LogP) is 0.0690. The first-order valence-electron chi connectivity index (χ1n) is 9.18. The van der Waals surface area contributed by atoms with Gasteiger partial charge in [-0.3, -0.25) is 4.79 Å². The van der Waals surface area contributed by atoms with Crippen LogP contribution in [-0.2, 0) is 32.4 Å². The molecule has 4 rings (SSSR count). The van der Waals surface area contributed by atoms with Gasteiger partial charge in [-0.15, -0.1) is 0 Å². The van der Waals surface area contributed by atoms with Gasteiger partial charge >= 0.3 is 0 Å². The molecule has 1 aromatic heterocycles. The number of ether oxygens (including phenoxy) is 1. The summed E-state index contributed by atoms with van der Waals surface area (Å²) >= 11 is 0. The summed E-state index contributed by atoms with van der Waals surface area (Å²) in [6.45, 7) is 2.85. The zero-order valence-corrected chi connectivity index (χ0v) is 15.5. The first kappa shape index (κ1) is 17.7. The van der Waals surface area contributed by atoms with E-state index in [4.69, 9.17) is 4.74 Å². The van der Waals surface area contributed by atoms with Crippen LogP contribution in [0, 0.1) is 5.92 Å². The molecular formula is C17H24N4O4S. The van der Waals surface area contributed by atoms with Crippen molar-refractivity contribution in [2.24, 2.45) is 5.92 Å². The third-order valence-electron chi connectivity index (χ3n) is 5.41. The molecule has 2 saturated heterocycles. The first-order chi connectivity index (χ1) is 12.5. The number of nitrogens with one attached hydrogen (secondary N) is 1. The largest absolute Gasteiger partial charge is 0.376 e. The molecule has 3 aliphatic heterocycles. The maximum absolute atomic E-state index is 12.3. The molecule has 3 aliphatic rings. The Balaban J connectivity index is 1.31. The molecule has 8 nitrogen and oxygen atoms in total. The quantitative estimate of drug-likeness (QED) is 0.792. The number of piperidine rings is 1. The minimum Gasteiger partial charge on any atom is -0.376 e. The molecule has 0 aromatic carbocycles. The molecule has 4 heterocycles. The van der Waals surface area contributed by atoms with Gasteiger partial charge in [0.1, 0.15) is 0 Å². The van der Waals surface area contributed by atoms with Crippen LogP contribution in [0.5, 0.6) is 0 Å². The Bertz CT molecular complexity index is 790. The lowest BCUT2D eigenvalue weighted by molar-refractivity contribution is -0.125. The van der Waals surface area contributed by atoms with E-state index in [1.165, 1.54) is 0 Å². The predicted molar refractivity (Wildman–Crippen MR) is 95.5 cm³/mol. The second-order valence-corrected chi connectivity index (χ2v) is 9.54. The molecule has 1 aromatic rings. The lowest BCUT2D eigenvalue weighted by atomic mass is 10.0. The first-order valence-corrected chi connectivity index (χ1v) is 11.0. The highest BCUT2D eigenvalue weighted by atomic mass is 32.2. The van der Waals surface area contributed by atoms with E-state index in [9.17, 15) is 13.2 Å². The number of rotatable bonds is 3. The molecular weight excluding hydrogens is 356 g/mol. The van der Waals surface area contributed by atoms with E-state index < -0.39 is 9.84 Å². The van der Waals surface area contributed by atoms with E-state index in [0.717, 1.165) is 49.6 Å². The standard InChI is InChI=1S/C17H24N4O4S/c22-16(12-4-8-26(23,24)11-12)19-14-1-5-21(6-2-14)17-18-9-13-10-25-7-3-15(13)20-17/h9,12,14H,1-8,10-11H2,(H,19,22). The van der Waals surface area contributed by atoms with Gasteiger partial charge in [0.25, 0.3) is 0 Å². The summed E-state index contributed by atoms with van der Waals surface area (Å²) in [7, 11) is -3.03. The highest BCUT2D eigenvalue weighted by Gasteiger charge is 2.34. The Labute approximate surface area is 153 Å². The summed E-state index contributed by atoms with van der Waals surface area (Å²) in [6.07, 6.45) is 4.75. The molecule has 0 aliphatic carbocycles. The molecule has 0 spiro atoms. The molecule has 0 saturated carbocycles. The van der Waals surface area contributed by atoms with Crippen molar-refractivity contribution >= 4 is 21.7 Å². The van der Waals surface area contributed by atoms with E-state index in [-0.39, 0.29) is 29.4 Å². The van der Waals surface area contributed by atoms with Gasteiger partial charge in [0.2, 0.25) is 11.9 Å². The van der Waals surface area contributed by atoms with Crippen molar-refractivity contribution in [2.75, 3.05) is 36.1 Å². The van der Waals surface area contributed by atoms with Crippen LogP contribution in [0.25, 0.3) is 0 Å². The number of anilines is 1. The molecule has 1 atom stereocenters. The molecule has 26 heavy (non-hydrogen) atoms. The molecule has 2 fully saturated rings. The van der Waals surface area contributed by atoms with Crippen LogP contribution in [-0.4, -0.2) is 61.5 Å². The number of amides is 1. The maximum atomic E-state index is 12.3. The Hall–Kier alpha value is -1.74. The van der Waals surface area contributed by atoms with E-state index in [0.29, 0.717) is 19.6 Å². The summed E-state index contributed by atoms with van der Waals surface area (Å²) in [5, 5.41) is 3.03. The molecule has 9 heteroatoms. The molecule has 142 valence electrons. The van der Waals surface area contributed by atoms with Crippen LogP contribution in [0.2, 0.25) is 0 Å². The van der Waals surface area contributed by atoms with Crippen molar-refractivity contribution < 1.29 is 17.9 Å². The fraction of sp³-hybridized carbons (Fsp3) is 0.706. The normalized spacial score (nSPS) is 25.7. The Kier molecular flexibility index (Phi) is 4.83. The number of hydrogen-bond donors (Lipinski definition) is 1. The van der Waals surface area contributed by atoms with Crippen molar-refractivity contribution in [2.45, 2.75) is 38.3 Å². The van der Waals surface area contributed by atoms with Gasteiger partial charge in [-0.2, -0.15) is 0 Å². The highest BCUT2D eigenvalue weighted by Crippen LogP contribution is 2.22. The van der Waals surface area contributed by atoms with Gasteiger partial charge in [0.05, 0.1) is 36.3 Å². The van der Waals surface area contributed by atoms with Crippen molar-refractivity contribution in [3.05, 3.63) is 17.5 Å². The zero-order valence-electron chi connectivity index (χ0n) is 14.7. The van der Waals surface area contributed by atoms with Crippen LogP contribution >= 0.6 is 0 Å². The van der Waals surface area contributed by atoms with Gasteiger partial charge in [0.15, 0.2) is 9.84 Å². The number of nitrogens with zero attached hydrogens (tertiary/aromatic N) is 3. The smallest absolute Gasteiger partial charge is 0.225 e. The average Bonchev–Trinajstić information content (AvgIpc) is 3.02. The lowest BCUT2D eigenvalue weighted by Crippen LogP contribution is -2.47. The number of hydrogen-bond acceptors (Lipinski definition) is 7. The third-order valence-corrected chi connectivity index (χ3v) is 7.18. The third kappa shape index (κ3) is 3.83. The fourth-order valence-electron chi connectivity index (χ4n) is 3.82. The number of sulfone groups is 1. The van der Waals surface area contributed by atoms with Crippen molar-refractivity contribution in [3.63, 3.8) is 0 Å². The van der Waals surface area contributed by atoms with E-state index in [1.54, 1.807) is 0 Å². The number of aromatic nitrogens is 2. The molecule has 0 bridgehead atoms. The zero-order chi connectivity index (χ0) is 18.1. The average molecular weight is 380 g/mol. The van der Waals surface area contributed by atoms with Gasteiger partial charge < -0.3 is 15.0 Å². The van der Waals surface area contributed by atoms with E-state index in [1.807, 2.05) is 6.20 Å². The highest BCUT2D eigenvalue weighted by molar-refractivity contribution is 7.91. The second kappa shape index (κ2) is 7.11. The number of carbonyl (C=O) groups excluding carboxylic acids is 1. The summed E-state index contributed by atoms with van der Waals surface area (Å²) in [5.41, 5.74) is 2.13. The van der Waals surface area contributed by atoms with E-state index >= 15 is 0 Å². The van der Waals surface area contributed by atoms with Gasteiger partial charge in [-0.05, 0) is 19.3 Å². The minimum absolute atomic E-state index is 0.00957. The minimum atomic E-state index is -3.03. The Morgan fingerprint density at radius 2 is 2.08 bits per heavy atom. The van der Waals surface area contributed by atoms with Crippen LogP contribution in [0.3, 0.4) is 0 Å². The van der Waals surface area contributed by atoms with Crippen LogP contribution in [0.4, 0.5) is 5.95 Å². The maximum Gasteiger partial charge on any atom is 0.225 e. The fourth-order valence-corrected chi connectivity index (χ4v) is 5.56. The molecule has 0 radical (unpaired) electrons. The van der Waals surface area contributed by atoms with Crippen molar-refractivity contribution in [1.29, 1.82) is 0 Å². The Morgan fingerprint density at radius 3 is 2.81 bits per heavy atom. The van der Waals surface area contributed by atoms with Crippen molar-refractivity contribution in [1.82, 2.24) is 15.3 Å². The Morgan fingerprint density at radius 1 is 1.27 bits per heavy atom. The molecule has 1 unspecified atom stereocenters. The van der Waals surface area contributed by atoms with Crippen LogP contribution in [0.15, 0.2) is 6.20 Å². The topological polar surface area (TPSA) is 101 Å². The van der Waals surface area contributed by atoms with E-state index in [2.05, 4.69) is 20.2 Å². The second-order valence-electron chi connectivity index (χ2n) is 7.31. The summed E-state index contributed by atoms with van der Waals surface area (Å²) < 4.78 is 28.5. The monoisotopic (exact) mass is 380 g/mol. The summed E-state index contributed by atoms with van der Waals surface area (Å²) in [6, 6.07) is 0.0908. The number of carbonyl (C=O) groups is 1. The van der Waals surface area contributed by atoms with Crippen molar-refractivity contribution in [3.8, 4) is 0 Å². The number of fused-ring (bicyclic) bond motifs is 1. The van der Waals surface area contributed by atoms with Gasteiger partial charge in [0, 0.05) is 37.3 Å². The summed E-state index contributed by atoms with van der Waals surface area (Å²) in [5.74, 6) is 0.366. The van der Waals surface area contributed by atoms with Crippen LogP contribution < -0.4 is 10.2 Å². The molecule has 1 amide bonds. The van der Waals surface area contributed by atoms with Gasteiger partial charge in [-0.25, -0.2) is 18.4 Å². The lowest BCUT2D eigenvalue weighted by Gasteiger charge is -2.33. The summed E-state index contributed by atoms with van der Waals surface area (Å²) in [4.78, 5) is 23.6. The van der Waals surface area contributed by atoms with Gasteiger partial charge in [-0.1, -0.05) is 0 Å². The SMILES string of the molecule is O=C(NC1CCN(c2ncc3c(n2)CCOC3)CC1)C1CCS(=O)(=O)C1.